The Balaban J connectivity index is 1.87. The fourth-order valence-electron chi connectivity index (χ4n) is 2.68. The molecule has 1 aromatic carbocycles. The van der Waals surface area contributed by atoms with Crippen molar-refractivity contribution < 1.29 is 27.5 Å². The molecule has 0 saturated carbocycles. The van der Waals surface area contributed by atoms with Gasteiger partial charge in [0.2, 0.25) is 5.82 Å². The van der Waals surface area contributed by atoms with Gasteiger partial charge in [0, 0.05) is 40.2 Å². The van der Waals surface area contributed by atoms with Gasteiger partial charge in [0.15, 0.2) is 0 Å². The van der Waals surface area contributed by atoms with Crippen LogP contribution in [0.1, 0.15) is 49.9 Å². The predicted octanol–water partition coefficient (Wildman–Crippen LogP) is 4.20. The zero-order valence-corrected chi connectivity index (χ0v) is 17.5. The Kier molecular flexibility index (Phi) is 6.34. The Morgan fingerprint density at radius 1 is 1.06 bits per heavy atom. The molecule has 1 N–H and O–H groups in total. The van der Waals surface area contributed by atoms with Crippen molar-refractivity contribution in [2.45, 2.75) is 26.1 Å². The van der Waals surface area contributed by atoms with E-state index < -0.39 is 29.9 Å². The van der Waals surface area contributed by atoms with E-state index in [-0.39, 0.29) is 11.1 Å². The third kappa shape index (κ3) is 5.23. The molecule has 3 aromatic rings. The average Bonchev–Trinajstić information content (AvgIpc) is 3.18. The Hall–Kier alpha value is -3.34. The lowest BCUT2D eigenvalue weighted by molar-refractivity contribution is -0.145. The van der Waals surface area contributed by atoms with Crippen molar-refractivity contribution in [2.75, 3.05) is 7.11 Å². The van der Waals surface area contributed by atoms with Gasteiger partial charge in [-0.2, -0.15) is 13.2 Å². The molecule has 2 aromatic heterocycles. The number of esters is 1. The third-order valence-corrected chi connectivity index (χ3v) is 5.22. The van der Waals surface area contributed by atoms with Crippen LogP contribution in [-0.4, -0.2) is 33.9 Å². The van der Waals surface area contributed by atoms with Crippen molar-refractivity contribution in [2.24, 2.45) is 0 Å². The summed E-state index contributed by atoms with van der Waals surface area (Å²) in [7, 11) is 1.23. The topological polar surface area (TPSA) is 94.1 Å². The van der Waals surface area contributed by atoms with Crippen molar-refractivity contribution in [1.29, 1.82) is 0 Å². The molecule has 0 saturated heterocycles. The van der Waals surface area contributed by atoms with E-state index in [0.717, 1.165) is 17.3 Å². The number of hydrogen-bond acceptors (Lipinski definition) is 7. The SMILES string of the molecule is COC(=O)c1cc(C(=O)N[C@H](C)c2cnc(C(F)(F)F)nc2)cc(-c2ncc(C)s2)c1. The normalized spacial score (nSPS) is 12.3. The lowest BCUT2D eigenvalue weighted by Gasteiger charge is -2.15. The van der Waals surface area contributed by atoms with Crippen molar-refractivity contribution in [3.63, 3.8) is 0 Å². The van der Waals surface area contributed by atoms with Crippen LogP contribution < -0.4 is 5.32 Å². The summed E-state index contributed by atoms with van der Waals surface area (Å²) in [4.78, 5) is 36.7. The van der Waals surface area contributed by atoms with Gasteiger partial charge in [-0.05, 0) is 32.0 Å². The minimum Gasteiger partial charge on any atom is -0.465 e. The van der Waals surface area contributed by atoms with Gasteiger partial charge >= 0.3 is 12.1 Å². The molecular formula is C20H17F3N4O3S. The van der Waals surface area contributed by atoms with Crippen molar-refractivity contribution in [3.8, 4) is 10.6 Å². The number of methoxy groups -OCH3 is 1. The largest absolute Gasteiger partial charge is 0.465 e. The van der Waals surface area contributed by atoms with Gasteiger partial charge in [0.25, 0.3) is 5.91 Å². The molecule has 0 spiro atoms. The maximum Gasteiger partial charge on any atom is 0.451 e. The molecule has 162 valence electrons. The number of rotatable bonds is 5. The highest BCUT2D eigenvalue weighted by molar-refractivity contribution is 7.14. The summed E-state index contributed by atoms with van der Waals surface area (Å²) >= 11 is 1.40. The third-order valence-electron chi connectivity index (χ3n) is 4.26. The molecule has 0 bridgehead atoms. The van der Waals surface area contributed by atoms with Crippen molar-refractivity contribution >= 4 is 23.2 Å². The minimum absolute atomic E-state index is 0.170. The molecule has 1 atom stereocenters. The molecule has 7 nitrogen and oxygen atoms in total. The van der Waals surface area contributed by atoms with Gasteiger partial charge in [-0.25, -0.2) is 19.7 Å². The molecule has 0 fully saturated rings. The fourth-order valence-corrected chi connectivity index (χ4v) is 3.43. The lowest BCUT2D eigenvalue weighted by atomic mass is 10.0. The number of thiazole rings is 1. The van der Waals surface area contributed by atoms with Crippen LogP contribution in [0.4, 0.5) is 13.2 Å². The molecule has 0 aliphatic rings. The zero-order chi connectivity index (χ0) is 22.8. The van der Waals surface area contributed by atoms with Crippen LogP contribution in [0.15, 0.2) is 36.8 Å². The zero-order valence-electron chi connectivity index (χ0n) is 16.6. The average molecular weight is 450 g/mol. The highest BCUT2D eigenvalue weighted by Gasteiger charge is 2.34. The minimum atomic E-state index is -4.65. The Morgan fingerprint density at radius 2 is 1.71 bits per heavy atom. The second-order valence-electron chi connectivity index (χ2n) is 6.60. The van der Waals surface area contributed by atoms with E-state index in [1.165, 1.54) is 24.5 Å². The Bertz CT molecular complexity index is 1110. The smallest absolute Gasteiger partial charge is 0.451 e. The molecule has 0 aliphatic carbocycles. The molecule has 2 heterocycles. The Labute approximate surface area is 179 Å². The molecule has 0 unspecified atom stereocenters. The molecule has 3 rings (SSSR count). The number of aryl methyl sites for hydroxylation is 1. The number of hydrogen-bond donors (Lipinski definition) is 1. The molecular weight excluding hydrogens is 433 g/mol. The maximum atomic E-state index is 12.8. The number of nitrogens with zero attached hydrogens (tertiary/aromatic N) is 3. The highest BCUT2D eigenvalue weighted by atomic mass is 32.1. The van der Waals surface area contributed by atoms with Crippen LogP contribution in [-0.2, 0) is 10.9 Å². The monoisotopic (exact) mass is 450 g/mol. The van der Waals surface area contributed by atoms with Gasteiger partial charge in [0.1, 0.15) is 5.01 Å². The van der Waals surface area contributed by atoms with Crippen LogP contribution in [0.5, 0.6) is 0 Å². The number of nitrogens with one attached hydrogen (secondary N) is 1. The van der Waals surface area contributed by atoms with E-state index in [4.69, 9.17) is 4.74 Å². The van der Waals surface area contributed by atoms with Gasteiger partial charge in [0.05, 0.1) is 18.7 Å². The van der Waals surface area contributed by atoms with Crippen molar-refractivity contribution in [3.05, 3.63) is 64.2 Å². The molecule has 1 amide bonds. The first kappa shape index (κ1) is 22.3. The summed E-state index contributed by atoms with van der Waals surface area (Å²) in [5, 5.41) is 3.30. The van der Waals surface area contributed by atoms with Crippen LogP contribution >= 0.6 is 11.3 Å². The summed E-state index contributed by atoms with van der Waals surface area (Å²) in [5.74, 6) is -2.41. The van der Waals surface area contributed by atoms with Gasteiger partial charge in [-0.1, -0.05) is 0 Å². The summed E-state index contributed by atoms with van der Waals surface area (Å²) in [6, 6.07) is 3.85. The standard InChI is InChI=1S/C20H17F3N4O3S/c1-10-7-24-17(31-10)13-4-12(5-14(6-13)18(29)30-3)16(28)27-11(2)15-8-25-19(26-9-15)20(21,22)23/h4-9,11H,1-3H3,(H,27,28)/t11-/m1/s1. The number of amides is 1. The number of benzene rings is 1. The summed E-state index contributed by atoms with van der Waals surface area (Å²) in [6.45, 7) is 3.46. The fraction of sp³-hybridized carbons (Fsp3) is 0.250. The summed E-state index contributed by atoms with van der Waals surface area (Å²) < 4.78 is 42.6. The quantitative estimate of drug-likeness (QED) is 0.586. The molecule has 0 aliphatic heterocycles. The molecule has 0 radical (unpaired) electrons. The first-order valence-electron chi connectivity index (χ1n) is 8.94. The van der Waals surface area contributed by atoms with Gasteiger partial charge in [-0.15, -0.1) is 11.3 Å². The van der Waals surface area contributed by atoms with Crippen LogP contribution in [0.25, 0.3) is 10.6 Å². The maximum absolute atomic E-state index is 12.8. The van der Waals surface area contributed by atoms with E-state index in [1.807, 2.05) is 6.92 Å². The number of ether oxygens (including phenoxy) is 1. The predicted molar refractivity (Wildman–Crippen MR) is 107 cm³/mol. The second-order valence-corrected chi connectivity index (χ2v) is 7.83. The van der Waals surface area contributed by atoms with Gasteiger partial charge in [-0.3, -0.25) is 4.79 Å². The van der Waals surface area contributed by atoms with Crippen LogP contribution in [0.3, 0.4) is 0 Å². The van der Waals surface area contributed by atoms with E-state index in [0.29, 0.717) is 16.1 Å². The van der Waals surface area contributed by atoms with Crippen LogP contribution in [0, 0.1) is 6.92 Å². The first-order chi connectivity index (χ1) is 14.6. The molecule has 31 heavy (non-hydrogen) atoms. The van der Waals surface area contributed by atoms with Crippen molar-refractivity contribution in [1.82, 2.24) is 20.3 Å². The highest BCUT2D eigenvalue weighted by Crippen LogP contribution is 2.28. The van der Waals surface area contributed by atoms with E-state index >= 15 is 0 Å². The van der Waals surface area contributed by atoms with E-state index in [9.17, 15) is 22.8 Å². The van der Waals surface area contributed by atoms with Gasteiger partial charge < -0.3 is 10.1 Å². The number of alkyl halides is 3. The lowest BCUT2D eigenvalue weighted by Crippen LogP contribution is -2.27. The number of carbonyl (C=O) groups excluding carboxylic acids is 2. The Morgan fingerprint density at radius 3 is 2.26 bits per heavy atom. The van der Waals surface area contributed by atoms with E-state index in [2.05, 4.69) is 20.3 Å². The molecule has 11 heteroatoms. The number of halogens is 3. The summed E-state index contributed by atoms with van der Waals surface area (Å²) in [6.07, 6.45) is -0.952. The number of aromatic nitrogens is 3. The summed E-state index contributed by atoms with van der Waals surface area (Å²) in [5.41, 5.74) is 1.20. The second kappa shape index (κ2) is 8.80. The first-order valence-corrected chi connectivity index (χ1v) is 9.76. The number of carbonyl (C=O) groups is 2. The van der Waals surface area contributed by atoms with E-state index in [1.54, 1.807) is 25.3 Å². The van der Waals surface area contributed by atoms with Crippen LogP contribution in [0.2, 0.25) is 0 Å².